The maximum atomic E-state index is 4.37. The number of aryl methyl sites for hydroxylation is 1. The molecule has 0 saturated carbocycles. The Balaban J connectivity index is 2.69. The van der Waals surface area contributed by atoms with E-state index in [0.717, 1.165) is 17.9 Å². The Hall–Kier alpha value is -1.31. The standard InChI is InChI=1S/C10H14N2/c1-4-12(3)8-10-7-5-6-9(2)11-10/h4-7H,1,8H2,2-3H3. The molecule has 1 aromatic heterocycles. The zero-order valence-electron chi connectivity index (χ0n) is 7.62. The summed E-state index contributed by atoms with van der Waals surface area (Å²) >= 11 is 0. The van der Waals surface area contributed by atoms with Crippen molar-refractivity contribution in [2.75, 3.05) is 7.05 Å². The highest BCUT2D eigenvalue weighted by Gasteiger charge is 1.95. The first-order chi connectivity index (χ1) is 5.72. The van der Waals surface area contributed by atoms with Crippen LogP contribution in [0.1, 0.15) is 11.4 Å². The summed E-state index contributed by atoms with van der Waals surface area (Å²) in [7, 11) is 1.98. The second kappa shape index (κ2) is 3.90. The van der Waals surface area contributed by atoms with Gasteiger partial charge in [0.15, 0.2) is 0 Å². The Kier molecular flexibility index (Phi) is 2.86. The van der Waals surface area contributed by atoms with E-state index in [0.29, 0.717) is 0 Å². The summed E-state index contributed by atoms with van der Waals surface area (Å²) in [5, 5.41) is 0. The second-order valence-corrected chi connectivity index (χ2v) is 2.87. The van der Waals surface area contributed by atoms with E-state index in [-0.39, 0.29) is 0 Å². The third kappa shape index (κ3) is 2.38. The molecule has 1 aromatic rings. The van der Waals surface area contributed by atoms with E-state index in [1.165, 1.54) is 0 Å². The predicted octanol–water partition coefficient (Wildman–Crippen LogP) is 1.97. The first kappa shape index (κ1) is 8.78. The van der Waals surface area contributed by atoms with Gasteiger partial charge in [0.05, 0.1) is 12.2 Å². The van der Waals surface area contributed by atoms with E-state index < -0.39 is 0 Å². The minimum Gasteiger partial charge on any atom is -0.375 e. The molecule has 0 aliphatic heterocycles. The van der Waals surface area contributed by atoms with Gasteiger partial charge in [-0.05, 0) is 25.3 Å². The van der Waals surface area contributed by atoms with E-state index in [4.69, 9.17) is 0 Å². The molecule has 0 spiro atoms. The second-order valence-electron chi connectivity index (χ2n) is 2.87. The average molecular weight is 162 g/mol. The Morgan fingerprint density at radius 1 is 1.58 bits per heavy atom. The van der Waals surface area contributed by atoms with Crippen LogP contribution in [0.4, 0.5) is 0 Å². The first-order valence-corrected chi connectivity index (χ1v) is 3.97. The van der Waals surface area contributed by atoms with Gasteiger partial charge in [-0.3, -0.25) is 4.98 Å². The summed E-state index contributed by atoms with van der Waals surface area (Å²) in [4.78, 5) is 6.37. The van der Waals surface area contributed by atoms with Crippen molar-refractivity contribution in [3.63, 3.8) is 0 Å². The van der Waals surface area contributed by atoms with Crippen LogP contribution >= 0.6 is 0 Å². The van der Waals surface area contributed by atoms with Crippen LogP contribution in [-0.4, -0.2) is 16.9 Å². The molecule has 0 bridgehead atoms. The Morgan fingerprint density at radius 2 is 2.33 bits per heavy atom. The van der Waals surface area contributed by atoms with Crippen molar-refractivity contribution in [3.05, 3.63) is 42.4 Å². The minimum atomic E-state index is 0.825. The highest BCUT2D eigenvalue weighted by molar-refractivity contribution is 5.09. The van der Waals surface area contributed by atoms with E-state index in [1.54, 1.807) is 6.20 Å². The van der Waals surface area contributed by atoms with Crippen LogP contribution in [0.2, 0.25) is 0 Å². The molecule has 0 aliphatic carbocycles. The van der Waals surface area contributed by atoms with Crippen LogP contribution in [0.3, 0.4) is 0 Å². The highest BCUT2D eigenvalue weighted by atomic mass is 15.1. The summed E-state index contributed by atoms with van der Waals surface area (Å²) in [6, 6.07) is 6.04. The van der Waals surface area contributed by atoms with Gasteiger partial charge in [0.2, 0.25) is 0 Å². The fourth-order valence-electron chi connectivity index (χ4n) is 1.01. The van der Waals surface area contributed by atoms with Gasteiger partial charge >= 0.3 is 0 Å². The smallest absolute Gasteiger partial charge is 0.0599 e. The summed E-state index contributed by atoms with van der Waals surface area (Å²) in [5.41, 5.74) is 2.14. The molecule has 0 aromatic carbocycles. The molecule has 12 heavy (non-hydrogen) atoms. The number of aromatic nitrogens is 1. The fourth-order valence-corrected chi connectivity index (χ4v) is 1.01. The molecule has 0 radical (unpaired) electrons. The Labute approximate surface area is 73.5 Å². The molecule has 1 rings (SSSR count). The lowest BCUT2D eigenvalue weighted by atomic mass is 10.3. The molecule has 0 atom stereocenters. The van der Waals surface area contributed by atoms with Gasteiger partial charge in [0.1, 0.15) is 0 Å². The summed E-state index contributed by atoms with van der Waals surface area (Å²) in [6.07, 6.45) is 1.80. The lowest BCUT2D eigenvalue weighted by molar-refractivity contribution is 0.445. The third-order valence-electron chi connectivity index (χ3n) is 1.67. The van der Waals surface area contributed by atoms with Crippen molar-refractivity contribution in [3.8, 4) is 0 Å². The van der Waals surface area contributed by atoms with Gasteiger partial charge in [-0.2, -0.15) is 0 Å². The number of pyridine rings is 1. The Bertz CT molecular complexity index is 268. The molecule has 0 N–H and O–H groups in total. The predicted molar refractivity (Wildman–Crippen MR) is 50.6 cm³/mol. The van der Waals surface area contributed by atoms with E-state index >= 15 is 0 Å². The van der Waals surface area contributed by atoms with Crippen LogP contribution < -0.4 is 0 Å². The number of hydrogen-bond acceptors (Lipinski definition) is 2. The minimum absolute atomic E-state index is 0.825. The van der Waals surface area contributed by atoms with Crippen molar-refractivity contribution >= 4 is 0 Å². The van der Waals surface area contributed by atoms with E-state index in [1.807, 2.05) is 37.1 Å². The molecule has 2 heteroatoms. The summed E-state index contributed by atoms with van der Waals surface area (Å²) < 4.78 is 0. The molecule has 64 valence electrons. The molecular formula is C10H14N2. The largest absolute Gasteiger partial charge is 0.375 e. The molecule has 0 amide bonds. The molecule has 0 unspecified atom stereocenters. The quantitative estimate of drug-likeness (QED) is 0.675. The molecule has 0 fully saturated rings. The number of rotatable bonds is 3. The van der Waals surface area contributed by atoms with E-state index in [9.17, 15) is 0 Å². The maximum Gasteiger partial charge on any atom is 0.0599 e. The SMILES string of the molecule is C=CN(C)Cc1cccc(C)n1. The van der Waals surface area contributed by atoms with E-state index in [2.05, 4.69) is 11.6 Å². The maximum absolute atomic E-state index is 4.37. The van der Waals surface area contributed by atoms with Crippen LogP contribution in [0.25, 0.3) is 0 Å². The monoisotopic (exact) mass is 162 g/mol. The van der Waals surface area contributed by atoms with Crippen molar-refractivity contribution in [2.24, 2.45) is 0 Å². The van der Waals surface area contributed by atoms with Gasteiger partial charge in [0.25, 0.3) is 0 Å². The van der Waals surface area contributed by atoms with Crippen molar-refractivity contribution < 1.29 is 0 Å². The lowest BCUT2D eigenvalue weighted by Crippen LogP contribution is -2.10. The van der Waals surface area contributed by atoms with Crippen LogP contribution in [0.5, 0.6) is 0 Å². The molecular weight excluding hydrogens is 148 g/mol. The van der Waals surface area contributed by atoms with Gasteiger partial charge < -0.3 is 4.90 Å². The van der Waals surface area contributed by atoms with Gasteiger partial charge in [-0.1, -0.05) is 12.6 Å². The van der Waals surface area contributed by atoms with Crippen LogP contribution in [-0.2, 0) is 6.54 Å². The average Bonchev–Trinajstić information content (AvgIpc) is 2.04. The highest BCUT2D eigenvalue weighted by Crippen LogP contribution is 2.01. The summed E-state index contributed by atoms with van der Waals surface area (Å²) in [6.45, 7) is 6.50. The van der Waals surface area contributed by atoms with Gasteiger partial charge in [-0.25, -0.2) is 0 Å². The van der Waals surface area contributed by atoms with Crippen molar-refractivity contribution in [1.29, 1.82) is 0 Å². The van der Waals surface area contributed by atoms with Gasteiger partial charge in [-0.15, -0.1) is 0 Å². The van der Waals surface area contributed by atoms with Crippen molar-refractivity contribution in [2.45, 2.75) is 13.5 Å². The molecule has 2 nitrogen and oxygen atoms in total. The third-order valence-corrected chi connectivity index (χ3v) is 1.67. The Morgan fingerprint density at radius 3 is 2.92 bits per heavy atom. The van der Waals surface area contributed by atoms with Crippen LogP contribution in [0.15, 0.2) is 31.0 Å². The van der Waals surface area contributed by atoms with Crippen molar-refractivity contribution in [1.82, 2.24) is 9.88 Å². The molecule has 0 aliphatic rings. The zero-order valence-corrected chi connectivity index (χ0v) is 7.62. The molecule has 1 heterocycles. The topological polar surface area (TPSA) is 16.1 Å². The van der Waals surface area contributed by atoms with Crippen LogP contribution in [0, 0.1) is 6.92 Å². The lowest BCUT2D eigenvalue weighted by Gasteiger charge is -2.12. The molecule has 0 saturated heterocycles. The zero-order chi connectivity index (χ0) is 8.97. The fraction of sp³-hybridized carbons (Fsp3) is 0.300. The first-order valence-electron chi connectivity index (χ1n) is 3.97. The number of hydrogen-bond donors (Lipinski definition) is 0. The van der Waals surface area contributed by atoms with Gasteiger partial charge in [0, 0.05) is 12.7 Å². The number of nitrogens with zero attached hydrogens (tertiary/aromatic N) is 2. The normalized spacial score (nSPS) is 9.50. The summed E-state index contributed by atoms with van der Waals surface area (Å²) in [5.74, 6) is 0.